The molecule has 0 amide bonds. The molecule has 0 aliphatic rings. The number of nitro benzene ring substituents is 1. The molecule has 1 aromatic rings. The van der Waals surface area contributed by atoms with E-state index < -0.39 is 4.92 Å². The Bertz CT molecular complexity index is 289. The minimum absolute atomic E-state index is 0.144. The zero-order valence-electron chi connectivity index (χ0n) is 6.77. The van der Waals surface area contributed by atoms with Crippen LogP contribution in [0.3, 0.4) is 0 Å². The maximum absolute atomic E-state index is 10.3. The Morgan fingerprint density at radius 1 is 1.38 bits per heavy atom. The van der Waals surface area contributed by atoms with Gasteiger partial charge >= 0.3 is 87.2 Å². The molecule has 0 saturated heterocycles. The molecule has 70 valence electrons. The number of hydrogen-bond acceptors (Lipinski definition) is 2. The fourth-order valence-electron chi connectivity index (χ4n) is 0.821. The minimum atomic E-state index is -0.391. The van der Waals surface area contributed by atoms with Crippen LogP contribution in [0, 0.1) is 10.1 Å². The predicted octanol–water partition coefficient (Wildman–Crippen LogP) is 1.58. The number of nitrogens with zero attached hydrogens (tertiary/aromatic N) is 1. The first-order valence-corrected chi connectivity index (χ1v) is 6.27. The van der Waals surface area contributed by atoms with Crippen LogP contribution >= 0.6 is 11.6 Å². The zero-order chi connectivity index (χ0) is 9.68. The summed E-state index contributed by atoms with van der Waals surface area (Å²) in [5.74, 6) is 0.650. The molecule has 0 radical (unpaired) electrons. The topological polar surface area (TPSA) is 43.1 Å². The third-order valence-electron chi connectivity index (χ3n) is 1.39. The molecule has 0 atom stereocenters. The van der Waals surface area contributed by atoms with Crippen LogP contribution < -0.4 is 4.46 Å². The third kappa shape index (κ3) is 3.35. The Kier molecular flexibility index (Phi) is 4.22. The molecule has 13 heavy (non-hydrogen) atoms. The fourth-order valence-corrected chi connectivity index (χ4v) is 2.57. The summed E-state index contributed by atoms with van der Waals surface area (Å²) >= 11 is 5.88. The van der Waals surface area contributed by atoms with Crippen molar-refractivity contribution in [3.05, 3.63) is 34.4 Å². The van der Waals surface area contributed by atoms with Gasteiger partial charge in [0.2, 0.25) is 0 Å². The Balaban J connectivity index is 2.64. The second-order valence-corrected chi connectivity index (χ2v) is 5.12. The first-order chi connectivity index (χ1) is 6.24. The van der Waals surface area contributed by atoms with Crippen molar-refractivity contribution in [2.45, 2.75) is 5.32 Å². The van der Waals surface area contributed by atoms with E-state index in [0.717, 1.165) is 9.78 Å². The van der Waals surface area contributed by atoms with E-state index in [-0.39, 0.29) is 5.69 Å². The van der Waals surface area contributed by atoms with Gasteiger partial charge in [0.1, 0.15) is 0 Å². The molecule has 5 heteroatoms. The Hall–Kier alpha value is -0.571. The van der Waals surface area contributed by atoms with E-state index in [1.807, 2.05) is 0 Å². The van der Waals surface area contributed by atoms with E-state index in [2.05, 4.69) is 0 Å². The fraction of sp³-hybridized carbons (Fsp3) is 0.250. The molecule has 1 rings (SSSR count). The standard InChI is InChI=1S/C8H8ClNO2Se/c9-5-6-13-8-3-1-7(2-4-8)10(11)12/h1-4H,5-6H2. The van der Waals surface area contributed by atoms with Crippen molar-refractivity contribution in [2.75, 3.05) is 5.88 Å². The Morgan fingerprint density at radius 3 is 2.46 bits per heavy atom. The van der Waals surface area contributed by atoms with Crippen molar-refractivity contribution in [2.24, 2.45) is 0 Å². The van der Waals surface area contributed by atoms with Gasteiger partial charge in [0.25, 0.3) is 0 Å². The summed E-state index contributed by atoms with van der Waals surface area (Å²) < 4.78 is 1.15. The van der Waals surface area contributed by atoms with E-state index in [1.54, 1.807) is 12.1 Å². The van der Waals surface area contributed by atoms with Crippen molar-refractivity contribution in [1.82, 2.24) is 0 Å². The normalized spacial score (nSPS) is 9.92. The zero-order valence-corrected chi connectivity index (χ0v) is 9.24. The van der Waals surface area contributed by atoms with Gasteiger partial charge in [-0.15, -0.1) is 0 Å². The molecule has 0 saturated carbocycles. The molecular weight excluding hydrogens is 257 g/mol. The van der Waals surface area contributed by atoms with Gasteiger partial charge in [-0.25, -0.2) is 0 Å². The molecule has 0 fully saturated rings. The Labute approximate surface area is 87.4 Å². The van der Waals surface area contributed by atoms with Crippen molar-refractivity contribution >= 4 is 36.7 Å². The number of alkyl halides is 1. The van der Waals surface area contributed by atoms with Gasteiger partial charge in [0, 0.05) is 0 Å². The van der Waals surface area contributed by atoms with Crippen LogP contribution in [0.25, 0.3) is 0 Å². The average Bonchev–Trinajstić information content (AvgIpc) is 2.15. The molecule has 0 spiro atoms. The average molecular weight is 265 g/mol. The predicted molar refractivity (Wildman–Crippen MR) is 54.0 cm³/mol. The van der Waals surface area contributed by atoms with E-state index in [4.69, 9.17) is 11.6 Å². The molecular formula is C8H8ClNO2Se. The second-order valence-electron chi connectivity index (χ2n) is 2.29. The summed E-state index contributed by atoms with van der Waals surface area (Å²) in [4.78, 5) is 9.93. The molecule has 1 aromatic carbocycles. The van der Waals surface area contributed by atoms with Crippen LogP contribution in [0.5, 0.6) is 0 Å². The van der Waals surface area contributed by atoms with Crippen LogP contribution in [0.15, 0.2) is 24.3 Å². The SMILES string of the molecule is O=[N+]([O-])c1ccc([Se]CCCl)cc1. The monoisotopic (exact) mass is 265 g/mol. The van der Waals surface area contributed by atoms with Crippen molar-refractivity contribution < 1.29 is 4.92 Å². The molecule has 0 heterocycles. The maximum atomic E-state index is 10.3. The quantitative estimate of drug-likeness (QED) is 0.359. The van der Waals surface area contributed by atoms with E-state index in [1.165, 1.54) is 12.1 Å². The van der Waals surface area contributed by atoms with Gasteiger partial charge < -0.3 is 0 Å². The first kappa shape index (κ1) is 10.5. The van der Waals surface area contributed by atoms with Gasteiger partial charge in [0.05, 0.1) is 0 Å². The number of benzene rings is 1. The second kappa shape index (κ2) is 5.22. The third-order valence-corrected chi connectivity index (χ3v) is 4.22. The molecule has 0 aliphatic carbocycles. The van der Waals surface area contributed by atoms with Crippen LogP contribution in [0.4, 0.5) is 5.69 Å². The van der Waals surface area contributed by atoms with Gasteiger partial charge in [-0.2, -0.15) is 0 Å². The molecule has 0 aromatic heterocycles. The van der Waals surface area contributed by atoms with Crippen LogP contribution in [-0.4, -0.2) is 25.8 Å². The molecule has 0 N–H and O–H groups in total. The molecule has 0 bridgehead atoms. The summed E-state index contributed by atoms with van der Waals surface area (Å²) in [6.45, 7) is 0. The van der Waals surface area contributed by atoms with E-state index >= 15 is 0 Å². The van der Waals surface area contributed by atoms with Crippen LogP contribution in [-0.2, 0) is 0 Å². The number of non-ortho nitro benzene ring substituents is 1. The van der Waals surface area contributed by atoms with Gasteiger partial charge in [-0.1, -0.05) is 0 Å². The van der Waals surface area contributed by atoms with Crippen LogP contribution in [0.1, 0.15) is 0 Å². The van der Waals surface area contributed by atoms with Gasteiger partial charge in [-0.05, 0) is 0 Å². The van der Waals surface area contributed by atoms with Gasteiger partial charge in [0.15, 0.2) is 0 Å². The van der Waals surface area contributed by atoms with E-state index in [0.29, 0.717) is 20.8 Å². The summed E-state index contributed by atoms with van der Waals surface area (Å²) in [5.41, 5.74) is 0.144. The van der Waals surface area contributed by atoms with Gasteiger partial charge in [-0.3, -0.25) is 0 Å². The summed E-state index contributed by atoms with van der Waals surface area (Å²) in [6.07, 6.45) is 0. The molecule has 3 nitrogen and oxygen atoms in total. The van der Waals surface area contributed by atoms with Crippen molar-refractivity contribution in [1.29, 1.82) is 0 Å². The number of hydrogen-bond donors (Lipinski definition) is 0. The van der Waals surface area contributed by atoms with Crippen LogP contribution in [0.2, 0.25) is 5.32 Å². The molecule has 0 unspecified atom stereocenters. The summed E-state index contributed by atoms with van der Waals surface area (Å²) in [7, 11) is 0. The van der Waals surface area contributed by atoms with Crippen molar-refractivity contribution in [3.8, 4) is 0 Å². The summed E-state index contributed by atoms with van der Waals surface area (Å²) in [6, 6.07) is 6.66. The Morgan fingerprint density at radius 2 is 2.00 bits per heavy atom. The molecule has 0 aliphatic heterocycles. The number of nitro groups is 1. The first-order valence-electron chi connectivity index (χ1n) is 3.67. The number of rotatable bonds is 4. The number of halogens is 1. The van der Waals surface area contributed by atoms with Crippen molar-refractivity contribution in [3.63, 3.8) is 0 Å². The summed E-state index contributed by atoms with van der Waals surface area (Å²) in [5, 5.41) is 11.3. The van der Waals surface area contributed by atoms with E-state index in [9.17, 15) is 10.1 Å².